The Balaban J connectivity index is 1.34. The molecular formula is C26H31ClN6O3S. The smallest absolute Gasteiger partial charge is 0.280 e. The number of halogens is 1. The lowest BCUT2D eigenvalue weighted by molar-refractivity contribution is -0.134. The second-order valence-electron chi connectivity index (χ2n) is 10.2. The molecule has 2 unspecified atom stereocenters. The highest BCUT2D eigenvalue weighted by Gasteiger charge is 2.37. The Hall–Kier alpha value is -2.95. The zero-order valence-electron chi connectivity index (χ0n) is 21.1. The first-order chi connectivity index (χ1) is 17.7. The summed E-state index contributed by atoms with van der Waals surface area (Å²) in [6.07, 6.45) is 2.48. The summed E-state index contributed by atoms with van der Waals surface area (Å²) < 4.78 is 0. The van der Waals surface area contributed by atoms with Crippen LogP contribution in [0.5, 0.6) is 0 Å². The third kappa shape index (κ3) is 5.51. The summed E-state index contributed by atoms with van der Waals surface area (Å²) in [5, 5.41) is 8.07. The van der Waals surface area contributed by atoms with Crippen molar-refractivity contribution in [1.29, 1.82) is 0 Å². The van der Waals surface area contributed by atoms with E-state index in [1.807, 2.05) is 6.07 Å². The average molecular weight is 543 g/mol. The number of nitrogens with zero attached hydrogens (tertiary/aromatic N) is 3. The monoisotopic (exact) mass is 542 g/mol. The molecule has 11 heteroatoms. The molecule has 3 heterocycles. The fraction of sp³-hybridized carbons (Fsp3) is 0.462. The number of nitrogens with one attached hydrogen (secondary N) is 3. The second kappa shape index (κ2) is 10.4. The van der Waals surface area contributed by atoms with E-state index in [-0.39, 0.29) is 29.7 Å². The quantitative estimate of drug-likeness (QED) is 0.459. The number of benzene rings is 1. The van der Waals surface area contributed by atoms with Gasteiger partial charge in [0.05, 0.1) is 11.7 Å². The molecule has 1 fully saturated rings. The molecule has 1 aliphatic heterocycles. The first-order valence-electron chi connectivity index (χ1n) is 12.5. The Kier molecular flexibility index (Phi) is 7.24. The maximum Gasteiger partial charge on any atom is 0.280 e. The van der Waals surface area contributed by atoms with Gasteiger partial charge in [-0.25, -0.2) is 4.98 Å². The molecule has 1 saturated carbocycles. The molecule has 37 heavy (non-hydrogen) atoms. The van der Waals surface area contributed by atoms with Crippen molar-refractivity contribution in [1.82, 2.24) is 30.4 Å². The number of carbonyl (C=O) groups is 3. The van der Waals surface area contributed by atoms with E-state index in [0.717, 1.165) is 41.0 Å². The minimum Gasteiger partial charge on any atom is -0.351 e. The van der Waals surface area contributed by atoms with Gasteiger partial charge in [-0.2, -0.15) is 0 Å². The number of aromatic nitrogens is 2. The lowest BCUT2D eigenvalue weighted by atomic mass is 9.81. The standard InChI is InChI=1S/C26H31ClN6O3S/c1-32(2)26(36)14-4-6-18(29-23(34)21-12-15-10-16(27)5-7-17(15)28-21)20(11-14)30-24(35)25-31-19-8-9-33(3)13-22(19)37-25/h5,7,10,12,14,18,20,28H,4,6,8-9,11,13H2,1-3H3,(H,29,34)(H,30,35)/t14?,18-,20?/m0/s1. The van der Waals surface area contributed by atoms with Gasteiger partial charge in [-0.05, 0) is 50.6 Å². The largest absolute Gasteiger partial charge is 0.351 e. The van der Waals surface area contributed by atoms with Gasteiger partial charge in [-0.1, -0.05) is 11.6 Å². The molecule has 2 aromatic heterocycles. The van der Waals surface area contributed by atoms with Crippen LogP contribution in [-0.4, -0.2) is 77.3 Å². The molecule has 3 atom stereocenters. The fourth-order valence-electron chi connectivity index (χ4n) is 5.21. The Morgan fingerprint density at radius 2 is 1.92 bits per heavy atom. The minimum atomic E-state index is -0.401. The predicted octanol–water partition coefficient (Wildman–Crippen LogP) is 3.05. The Morgan fingerprint density at radius 3 is 2.70 bits per heavy atom. The van der Waals surface area contributed by atoms with Gasteiger partial charge < -0.3 is 25.4 Å². The summed E-state index contributed by atoms with van der Waals surface area (Å²) in [4.78, 5) is 51.8. The van der Waals surface area contributed by atoms with Gasteiger partial charge in [-0.3, -0.25) is 14.4 Å². The van der Waals surface area contributed by atoms with Crippen LogP contribution in [-0.2, 0) is 17.8 Å². The van der Waals surface area contributed by atoms with E-state index >= 15 is 0 Å². The molecule has 3 N–H and O–H groups in total. The highest BCUT2D eigenvalue weighted by Crippen LogP contribution is 2.29. The molecule has 1 aliphatic carbocycles. The lowest BCUT2D eigenvalue weighted by Gasteiger charge is -2.37. The van der Waals surface area contributed by atoms with E-state index in [4.69, 9.17) is 11.6 Å². The van der Waals surface area contributed by atoms with Crippen LogP contribution >= 0.6 is 22.9 Å². The first kappa shape index (κ1) is 25.7. The number of hydrogen-bond donors (Lipinski definition) is 3. The third-order valence-corrected chi connectivity index (χ3v) is 8.53. The van der Waals surface area contributed by atoms with E-state index in [1.54, 1.807) is 37.2 Å². The summed E-state index contributed by atoms with van der Waals surface area (Å²) in [7, 11) is 5.54. The maximum absolute atomic E-state index is 13.3. The summed E-state index contributed by atoms with van der Waals surface area (Å²) in [6.45, 7) is 1.71. The van der Waals surface area contributed by atoms with Gasteiger partial charge in [-0.15, -0.1) is 11.3 Å². The SMILES string of the molecule is CN1CCc2nc(C(=O)NC3CC(C(=O)N(C)C)CC[C@@H]3NC(=O)c3cc4cc(Cl)ccc4[nH]3)sc2C1. The molecule has 9 nitrogen and oxygen atoms in total. The van der Waals surface area contributed by atoms with Crippen molar-refractivity contribution in [2.75, 3.05) is 27.7 Å². The molecule has 5 rings (SSSR count). The highest BCUT2D eigenvalue weighted by atomic mass is 35.5. The number of fused-ring (bicyclic) bond motifs is 2. The predicted molar refractivity (Wildman–Crippen MR) is 144 cm³/mol. The van der Waals surface area contributed by atoms with E-state index in [0.29, 0.717) is 35.0 Å². The average Bonchev–Trinajstić information content (AvgIpc) is 3.48. The maximum atomic E-state index is 13.3. The van der Waals surface area contributed by atoms with Crippen molar-refractivity contribution >= 4 is 51.6 Å². The number of likely N-dealkylation sites (N-methyl/N-ethyl adjacent to an activating group) is 1. The van der Waals surface area contributed by atoms with Crippen LogP contribution < -0.4 is 10.6 Å². The van der Waals surface area contributed by atoms with Crippen LogP contribution in [0, 0.1) is 5.92 Å². The molecular weight excluding hydrogens is 512 g/mol. The van der Waals surface area contributed by atoms with Gasteiger partial charge in [0.15, 0.2) is 5.01 Å². The van der Waals surface area contributed by atoms with Crippen molar-refractivity contribution in [2.24, 2.45) is 5.92 Å². The normalized spacial score (nSPS) is 21.9. The zero-order valence-corrected chi connectivity index (χ0v) is 22.7. The number of carbonyl (C=O) groups excluding carboxylic acids is 3. The number of rotatable bonds is 5. The number of H-pyrrole nitrogens is 1. The van der Waals surface area contributed by atoms with E-state index in [1.165, 1.54) is 11.3 Å². The number of aromatic amines is 1. The molecule has 2 aliphatic rings. The van der Waals surface area contributed by atoms with Crippen LogP contribution in [0.25, 0.3) is 10.9 Å². The van der Waals surface area contributed by atoms with E-state index in [2.05, 4.69) is 32.5 Å². The Labute approximate surface area is 224 Å². The molecule has 0 radical (unpaired) electrons. The van der Waals surface area contributed by atoms with Gasteiger partial charge in [0.2, 0.25) is 5.91 Å². The number of hydrogen-bond acceptors (Lipinski definition) is 6. The molecule has 3 aromatic rings. The molecule has 196 valence electrons. The number of amides is 3. The minimum absolute atomic E-state index is 0.0317. The summed E-state index contributed by atoms with van der Waals surface area (Å²) in [5.41, 5.74) is 2.23. The molecule has 3 amide bonds. The van der Waals surface area contributed by atoms with Gasteiger partial charge in [0, 0.05) is 66.4 Å². The summed E-state index contributed by atoms with van der Waals surface area (Å²) in [6, 6.07) is 6.45. The van der Waals surface area contributed by atoms with E-state index < -0.39 is 6.04 Å². The first-order valence-corrected chi connectivity index (χ1v) is 13.7. The molecule has 0 spiro atoms. The topological polar surface area (TPSA) is 110 Å². The number of thiazole rings is 1. The highest BCUT2D eigenvalue weighted by molar-refractivity contribution is 7.13. The second-order valence-corrected chi connectivity index (χ2v) is 11.7. The lowest BCUT2D eigenvalue weighted by Crippen LogP contribution is -2.56. The van der Waals surface area contributed by atoms with E-state index in [9.17, 15) is 14.4 Å². The Bertz CT molecular complexity index is 1350. The van der Waals surface area contributed by atoms with Crippen molar-refractivity contribution in [3.63, 3.8) is 0 Å². The molecule has 1 aromatic carbocycles. The van der Waals surface area contributed by atoms with Crippen molar-refractivity contribution in [3.8, 4) is 0 Å². The van der Waals surface area contributed by atoms with Crippen molar-refractivity contribution in [2.45, 2.75) is 44.3 Å². The van der Waals surface area contributed by atoms with Gasteiger partial charge >= 0.3 is 0 Å². The van der Waals surface area contributed by atoms with Crippen LogP contribution in [0.15, 0.2) is 24.3 Å². The van der Waals surface area contributed by atoms with Gasteiger partial charge in [0.25, 0.3) is 11.8 Å². The van der Waals surface area contributed by atoms with Gasteiger partial charge in [0.1, 0.15) is 5.69 Å². The third-order valence-electron chi connectivity index (χ3n) is 7.22. The van der Waals surface area contributed by atoms with Crippen LogP contribution in [0.1, 0.15) is 50.1 Å². The zero-order chi connectivity index (χ0) is 26.3. The van der Waals surface area contributed by atoms with Crippen molar-refractivity contribution in [3.05, 3.63) is 50.6 Å². The fourth-order valence-corrected chi connectivity index (χ4v) is 6.49. The Morgan fingerprint density at radius 1 is 1.14 bits per heavy atom. The van der Waals surface area contributed by atoms with Crippen LogP contribution in [0.4, 0.5) is 0 Å². The molecule has 0 saturated heterocycles. The summed E-state index contributed by atoms with van der Waals surface area (Å²) in [5.74, 6) is -0.711. The summed E-state index contributed by atoms with van der Waals surface area (Å²) >= 11 is 7.51. The van der Waals surface area contributed by atoms with Crippen LogP contribution in [0.3, 0.4) is 0 Å². The molecule has 0 bridgehead atoms. The van der Waals surface area contributed by atoms with Crippen LogP contribution in [0.2, 0.25) is 5.02 Å². The van der Waals surface area contributed by atoms with Crippen molar-refractivity contribution < 1.29 is 14.4 Å².